The minimum Gasteiger partial charge on any atom is -0.405 e. The van der Waals surface area contributed by atoms with Crippen molar-refractivity contribution in [3.63, 3.8) is 0 Å². The number of benzene rings is 5. The lowest BCUT2D eigenvalue weighted by Gasteiger charge is -2.48. The first-order chi connectivity index (χ1) is 30.2. The monoisotopic (exact) mass is 890 g/mol. The molecule has 3 heterocycles. The van der Waals surface area contributed by atoms with E-state index in [0.717, 1.165) is 26.3 Å². The summed E-state index contributed by atoms with van der Waals surface area (Å²) >= 11 is 0. The number of rotatable bonds is 13. The highest BCUT2D eigenvalue weighted by Gasteiger charge is 2.61. The summed E-state index contributed by atoms with van der Waals surface area (Å²) < 4.78 is 47.4. The van der Waals surface area contributed by atoms with Crippen LogP contribution in [0.15, 0.2) is 152 Å². The number of aliphatic hydroxyl groups is 3. The third kappa shape index (κ3) is 8.82. The van der Waals surface area contributed by atoms with Crippen LogP contribution < -0.4 is 20.7 Å². The maximum Gasteiger partial charge on any atom is 0.261 e. The minimum atomic E-state index is -3.25. The van der Waals surface area contributed by atoms with Gasteiger partial charge in [0.1, 0.15) is 30.5 Å². The van der Waals surface area contributed by atoms with Gasteiger partial charge in [0, 0.05) is 12.0 Å². The van der Waals surface area contributed by atoms with Crippen LogP contribution in [0.2, 0.25) is 10.1 Å². The largest absolute Gasteiger partial charge is 0.405 e. The lowest BCUT2D eigenvalue weighted by molar-refractivity contribution is -0.384. The molecule has 12 heteroatoms. The topological polar surface area (TPSA) is 125 Å². The van der Waals surface area contributed by atoms with E-state index in [0.29, 0.717) is 0 Å². The molecule has 0 radical (unpaired) electrons. The zero-order valence-electron chi connectivity index (χ0n) is 37.1. The number of hydrogen-bond donors (Lipinski definition) is 3. The maximum absolute atomic E-state index is 12.5. The van der Waals surface area contributed by atoms with Crippen molar-refractivity contribution < 1.29 is 47.9 Å². The summed E-state index contributed by atoms with van der Waals surface area (Å²) in [6.07, 6.45) is -8.24. The second kappa shape index (κ2) is 18.6. The van der Waals surface area contributed by atoms with Gasteiger partial charge >= 0.3 is 0 Å². The van der Waals surface area contributed by atoms with E-state index in [4.69, 9.17) is 32.5 Å². The van der Waals surface area contributed by atoms with Crippen molar-refractivity contribution in [2.45, 2.75) is 113 Å². The van der Waals surface area contributed by atoms with Gasteiger partial charge in [-0.05, 0) is 30.8 Å². The van der Waals surface area contributed by atoms with Crippen LogP contribution in [0.3, 0.4) is 0 Å². The van der Waals surface area contributed by atoms with E-state index in [1.54, 1.807) is 0 Å². The third-order valence-corrected chi connectivity index (χ3v) is 22.9. The molecule has 0 aliphatic carbocycles. The Bertz CT molecular complexity index is 2130. The minimum absolute atomic E-state index is 0.000948. The number of ether oxygens (including phenoxy) is 5. The van der Waals surface area contributed by atoms with Crippen molar-refractivity contribution in [2.24, 2.45) is 0 Å². The molecule has 63 heavy (non-hydrogen) atoms. The molecule has 10 nitrogen and oxygen atoms in total. The molecule has 5 aromatic rings. The Morgan fingerprint density at radius 3 is 1.51 bits per heavy atom. The first-order valence-electron chi connectivity index (χ1n) is 22.1. The van der Waals surface area contributed by atoms with Gasteiger partial charge in [-0.1, -0.05) is 193 Å². The smallest absolute Gasteiger partial charge is 0.261 e. The Hall–Kier alpha value is -3.87. The van der Waals surface area contributed by atoms with Crippen molar-refractivity contribution in [3.05, 3.63) is 157 Å². The highest BCUT2D eigenvalue weighted by molar-refractivity contribution is 7.00. The average Bonchev–Trinajstić information content (AvgIpc) is 3.52. The van der Waals surface area contributed by atoms with Gasteiger partial charge < -0.3 is 47.9 Å². The van der Waals surface area contributed by atoms with Crippen LogP contribution in [0.25, 0.3) is 0 Å². The van der Waals surface area contributed by atoms with Crippen molar-refractivity contribution in [1.82, 2.24) is 0 Å². The van der Waals surface area contributed by atoms with Crippen LogP contribution in [-0.2, 0) is 32.5 Å². The molecule has 5 aromatic carbocycles. The van der Waals surface area contributed by atoms with E-state index in [9.17, 15) is 15.3 Å². The maximum atomic E-state index is 12.5. The zero-order chi connectivity index (χ0) is 44.5. The highest BCUT2D eigenvalue weighted by atomic mass is 28.4. The summed E-state index contributed by atoms with van der Waals surface area (Å²) in [6.45, 7) is 12.9. The molecule has 3 N–H and O–H groups in total. The van der Waals surface area contributed by atoms with Crippen LogP contribution >= 0.6 is 0 Å². The summed E-state index contributed by atoms with van der Waals surface area (Å²) in [4.78, 5) is 0. The molecule has 3 aliphatic rings. The fraction of sp³-hybridized carbons (Fsp3) is 0.412. The van der Waals surface area contributed by atoms with Gasteiger partial charge in [-0.25, -0.2) is 0 Å². The second-order valence-electron chi connectivity index (χ2n) is 19.0. The van der Waals surface area contributed by atoms with E-state index in [1.807, 2.05) is 103 Å². The number of fused-ring (bicyclic) bond motifs is 1. The Labute approximate surface area is 373 Å². The zero-order valence-corrected chi connectivity index (χ0v) is 39.1. The van der Waals surface area contributed by atoms with Crippen LogP contribution in [0, 0.1) is 0 Å². The van der Waals surface area contributed by atoms with E-state index >= 15 is 0 Å². The molecule has 3 aliphatic heterocycles. The molecular formula is C51H62O10Si2. The van der Waals surface area contributed by atoms with Gasteiger partial charge in [-0.3, -0.25) is 0 Å². The molecule has 0 aromatic heterocycles. The van der Waals surface area contributed by atoms with Crippen molar-refractivity contribution in [2.75, 3.05) is 19.8 Å². The second-order valence-corrected chi connectivity index (χ2v) is 27.6. The molecule has 0 unspecified atom stereocenters. The van der Waals surface area contributed by atoms with Gasteiger partial charge in [0.15, 0.2) is 12.6 Å². The Balaban J connectivity index is 1.15. The summed E-state index contributed by atoms with van der Waals surface area (Å²) in [5.74, 6) is -1.97. The number of aliphatic hydroxyl groups excluding tert-OH is 3. The Kier molecular flexibility index (Phi) is 13.5. The summed E-state index contributed by atoms with van der Waals surface area (Å²) in [5, 5.41) is 39.7. The Morgan fingerprint density at radius 2 is 1.05 bits per heavy atom. The van der Waals surface area contributed by atoms with Gasteiger partial charge in [0.25, 0.3) is 16.6 Å². The molecule has 3 fully saturated rings. The van der Waals surface area contributed by atoms with Crippen molar-refractivity contribution in [1.29, 1.82) is 0 Å². The molecule has 8 rings (SSSR count). The first kappa shape index (κ1) is 45.7. The van der Waals surface area contributed by atoms with Gasteiger partial charge in [-0.2, -0.15) is 0 Å². The standard InChI is InChI=1S/C51H62O10Si2/c1-49(2,3)62(37-24-14-8-15-25-37,38-26-16-9-17-27-38)56-34-42-45(53)47(54)51(60-42,35-57-63(50(4,5)6,39-28-18-10-19-29-39)40-30-20-11-21-31-40)61-44-32-41(52)46-43(58-44)33-55-48(59-46)36-22-12-7-13-23-36/h7-31,41-48,52-54H,32-35H2,1-6H3/t41-,42-,43-,44-,45-,46+,47+,48-,51+/m1/s1. The normalized spacial score (nSPS) is 28.1. The third-order valence-electron chi connectivity index (χ3n) is 12.9. The summed E-state index contributed by atoms with van der Waals surface area (Å²) in [6, 6.07) is 50.4. The average molecular weight is 891 g/mol. The van der Waals surface area contributed by atoms with Crippen molar-refractivity contribution in [3.8, 4) is 0 Å². The quantitative estimate of drug-likeness (QED) is 0.130. The highest BCUT2D eigenvalue weighted by Crippen LogP contribution is 2.44. The summed E-state index contributed by atoms with van der Waals surface area (Å²) in [7, 11) is -6.35. The molecule has 0 saturated carbocycles. The predicted molar refractivity (Wildman–Crippen MR) is 247 cm³/mol. The SMILES string of the molecule is CC(C)(C)[Si](OC[C@H]1O[C@@](CO[Si](c2ccccc2)(c2ccccc2)C(C)(C)C)(O[C@@H]2C[C@@H](O)[C@@H]3O[C@H](c4ccccc4)OC[C@H]3O2)[C@@H](O)[C@@H]1O)(c1ccccc1)c1ccccc1. The molecule has 0 amide bonds. The van der Waals surface area contributed by atoms with Gasteiger partial charge in [-0.15, -0.1) is 0 Å². The van der Waals surface area contributed by atoms with Crippen molar-refractivity contribution >= 4 is 37.4 Å². The molecule has 3 saturated heterocycles. The Morgan fingerprint density at radius 1 is 0.603 bits per heavy atom. The molecule has 334 valence electrons. The predicted octanol–water partition coefficient (Wildman–Crippen LogP) is 5.56. The fourth-order valence-corrected chi connectivity index (χ4v) is 19.0. The van der Waals surface area contributed by atoms with Crippen LogP contribution in [-0.4, -0.2) is 100 Å². The van der Waals surface area contributed by atoms with Gasteiger partial charge in [0.05, 0.1) is 25.9 Å². The first-order valence-corrected chi connectivity index (χ1v) is 25.9. The van der Waals surface area contributed by atoms with Crippen LogP contribution in [0.5, 0.6) is 0 Å². The molecular weight excluding hydrogens is 829 g/mol. The van der Waals surface area contributed by atoms with E-state index in [2.05, 4.69) is 90.1 Å². The summed E-state index contributed by atoms with van der Waals surface area (Å²) in [5.41, 5.74) is 0.837. The van der Waals surface area contributed by atoms with E-state index in [-0.39, 0.29) is 31.3 Å². The lowest BCUT2D eigenvalue weighted by Crippen LogP contribution is -2.68. The lowest BCUT2D eigenvalue weighted by atomic mass is 10.00. The van der Waals surface area contributed by atoms with Crippen LogP contribution in [0.4, 0.5) is 0 Å². The van der Waals surface area contributed by atoms with E-state index < -0.39 is 76.7 Å². The van der Waals surface area contributed by atoms with Crippen LogP contribution in [0.1, 0.15) is 59.8 Å². The number of hydrogen-bond acceptors (Lipinski definition) is 10. The molecule has 0 bridgehead atoms. The van der Waals surface area contributed by atoms with Gasteiger partial charge in [0.2, 0.25) is 5.79 Å². The molecule has 0 spiro atoms. The molecule has 9 atom stereocenters. The van der Waals surface area contributed by atoms with E-state index in [1.165, 1.54) is 0 Å². The fourth-order valence-electron chi connectivity index (χ4n) is 9.85.